The lowest BCUT2D eigenvalue weighted by Crippen LogP contribution is -2.36. The molecule has 0 saturated heterocycles. The second-order valence-electron chi connectivity index (χ2n) is 4.32. The van der Waals surface area contributed by atoms with Crippen LogP contribution in [0.2, 0.25) is 0 Å². The number of unbranched alkanes of at least 4 members (excludes halogenated alkanes) is 1. The molecule has 1 aliphatic rings. The predicted octanol–water partition coefficient (Wildman–Crippen LogP) is 2.38. The van der Waals surface area contributed by atoms with Crippen LogP contribution in [0.4, 0.5) is 18.0 Å². The van der Waals surface area contributed by atoms with E-state index in [9.17, 15) is 26.4 Å². The van der Waals surface area contributed by atoms with E-state index in [-0.39, 0.29) is 31.9 Å². The number of hydrogen-bond acceptors (Lipinski definition) is 5. The SMILES string of the molecule is CCCCOC(=O)N1CC=C(OS(=O)(=O)C(F)(F)F)CC1. The molecule has 0 atom stereocenters. The number of rotatable bonds is 5. The fraction of sp³-hybridized carbons (Fsp3) is 0.727. The van der Waals surface area contributed by atoms with Crippen LogP contribution in [0, 0.1) is 0 Å². The molecule has 0 aromatic carbocycles. The van der Waals surface area contributed by atoms with Gasteiger partial charge < -0.3 is 13.8 Å². The third-order valence-electron chi connectivity index (χ3n) is 2.65. The molecule has 0 fully saturated rings. The molecule has 0 aromatic heterocycles. The molecule has 0 bridgehead atoms. The molecule has 0 aromatic rings. The van der Waals surface area contributed by atoms with Crippen molar-refractivity contribution in [2.75, 3.05) is 19.7 Å². The maximum atomic E-state index is 12.1. The van der Waals surface area contributed by atoms with Crippen LogP contribution in [0.25, 0.3) is 0 Å². The topological polar surface area (TPSA) is 72.9 Å². The lowest BCUT2D eigenvalue weighted by Gasteiger charge is -2.25. The summed E-state index contributed by atoms with van der Waals surface area (Å²) in [6.07, 6.45) is 1.98. The summed E-state index contributed by atoms with van der Waals surface area (Å²) in [7, 11) is -5.66. The van der Waals surface area contributed by atoms with Gasteiger partial charge in [-0.1, -0.05) is 13.3 Å². The molecule has 1 rings (SSSR count). The minimum absolute atomic E-state index is 0.0319. The Balaban J connectivity index is 2.53. The number of ether oxygens (including phenoxy) is 1. The van der Waals surface area contributed by atoms with E-state index < -0.39 is 21.7 Å². The molecule has 6 nitrogen and oxygen atoms in total. The van der Waals surface area contributed by atoms with Gasteiger partial charge in [-0.05, 0) is 12.5 Å². The molecule has 21 heavy (non-hydrogen) atoms. The Morgan fingerprint density at radius 3 is 2.57 bits per heavy atom. The first-order valence-corrected chi connectivity index (χ1v) is 7.69. The minimum Gasteiger partial charge on any atom is -0.449 e. The Labute approximate surface area is 120 Å². The molecule has 10 heteroatoms. The van der Waals surface area contributed by atoms with Crippen molar-refractivity contribution in [3.8, 4) is 0 Å². The highest BCUT2D eigenvalue weighted by atomic mass is 32.2. The fourth-order valence-electron chi connectivity index (χ4n) is 1.48. The van der Waals surface area contributed by atoms with E-state index in [0.29, 0.717) is 6.42 Å². The van der Waals surface area contributed by atoms with Gasteiger partial charge in [0.05, 0.1) is 6.61 Å². The highest BCUT2D eigenvalue weighted by Gasteiger charge is 2.49. The van der Waals surface area contributed by atoms with Gasteiger partial charge in [0.15, 0.2) is 0 Å². The fourth-order valence-corrected chi connectivity index (χ4v) is 2.00. The van der Waals surface area contributed by atoms with E-state index in [0.717, 1.165) is 12.5 Å². The monoisotopic (exact) mass is 331 g/mol. The highest BCUT2D eigenvalue weighted by Crippen LogP contribution is 2.28. The summed E-state index contributed by atoms with van der Waals surface area (Å²) in [4.78, 5) is 12.8. The molecule has 0 saturated carbocycles. The average Bonchev–Trinajstić information content (AvgIpc) is 2.38. The van der Waals surface area contributed by atoms with E-state index in [4.69, 9.17) is 4.74 Å². The summed E-state index contributed by atoms with van der Waals surface area (Å²) < 4.78 is 67.0. The van der Waals surface area contributed by atoms with Gasteiger partial charge in [0, 0.05) is 19.5 Å². The van der Waals surface area contributed by atoms with Crippen molar-refractivity contribution in [3.05, 3.63) is 11.8 Å². The van der Waals surface area contributed by atoms with Crippen LogP contribution in [-0.4, -0.2) is 44.6 Å². The van der Waals surface area contributed by atoms with Crippen molar-refractivity contribution in [1.29, 1.82) is 0 Å². The van der Waals surface area contributed by atoms with Crippen molar-refractivity contribution < 1.29 is 35.3 Å². The van der Waals surface area contributed by atoms with E-state index in [1.54, 1.807) is 0 Å². The second kappa shape index (κ2) is 7.01. The Morgan fingerprint density at radius 1 is 1.43 bits per heavy atom. The summed E-state index contributed by atoms with van der Waals surface area (Å²) in [6, 6.07) is 0. The van der Waals surface area contributed by atoms with Crippen molar-refractivity contribution in [3.63, 3.8) is 0 Å². The summed E-state index contributed by atoms with van der Waals surface area (Å²) in [5, 5.41) is 0. The molecule has 122 valence electrons. The number of halogens is 3. The molecule has 1 aliphatic heterocycles. The molecule has 1 heterocycles. The molecule has 0 aliphatic carbocycles. The van der Waals surface area contributed by atoms with Crippen LogP contribution in [0.1, 0.15) is 26.2 Å². The first-order chi connectivity index (χ1) is 9.67. The van der Waals surface area contributed by atoms with Gasteiger partial charge in [0.25, 0.3) is 0 Å². The molecule has 0 N–H and O–H groups in total. The number of carbonyl (C=O) groups is 1. The van der Waals surface area contributed by atoms with Gasteiger partial charge in [-0.25, -0.2) is 4.79 Å². The van der Waals surface area contributed by atoms with Gasteiger partial charge >= 0.3 is 21.7 Å². The van der Waals surface area contributed by atoms with E-state index in [1.807, 2.05) is 6.92 Å². The Bertz CT molecular complexity index is 500. The van der Waals surface area contributed by atoms with Crippen molar-refractivity contribution in [2.24, 2.45) is 0 Å². The average molecular weight is 331 g/mol. The summed E-state index contributed by atoms with van der Waals surface area (Å²) >= 11 is 0. The van der Waals surface area contributed by atoms with Crippen molar-refractivity contribution in [1.82, 2.24) is 4.90 Å². The number of nitrogens with zero attached hydrogens (tertiary/aromatic N) is 1. The van der Waals surface area contributed by atoms with Crippen LogP contribution >= 0.6 is 0 Å². The molecular weight excluding hydrogens is 315 g/mol. The third-order valence-corrected chi connectivity index (χ3v) is 3.65. The number of hydrogen-bond donors (Lipinski definition) is 0. The third kappa shape index (κ3) is 5.10. The van der Waals surface area contributed by atoms with Gasteiger partial charge in [0.2, 0.25) is 0 Å². The lowest BCUT2D eigenvalue weighted by molar-refractivity contribution is -0.0525. The van der Waals surface area contributed by atoms with Crippen molar-refractivity contribution >= 4 is 16.2 Å². The molecule has 0 radical (unpaired) electrons. The van der Waals surface area contributed by atoms with Crippen LogP contribution in [0.5, 0.6) is 0 Å². The first-order valence-electron chi connectivity index (χ1n) is 6.29. The van der Waals surface area contributed by atoms with E-state index >= 15 is 0 Å². The molecule has 0 unspecified atom stereocenters. The van der Waals surface area contributed by atoms with Crippen LogP contribution in [-0.2, 0) is 19.0 Å². The Hall–Kier alpha value is -1.45. The van der Waals surface area contributed by atoms with Crippen LogP contribution in [0.3, 0.4) is 0 Å². The van der Waals surface area contributed by atoms with Crippen LogP contribution in [0.15, 0.2) is 11.8 Å². The maximum absolute atomic E-state index is 12.1. The van der Waals surface area contributed by atoms with Gasteiger partial charge in [0.1, 0.15) is 5.76 Å². The van der Waals surface area contributed by atoms with E-state index in [2.05, 4.69) is 4.18 Å². The smallest absolute Gasteiger partial charge is 0.449 e. The second-order valence-corrected chi connectivity index (χ2v) is 5.86. The Morgan fingerprint density at radius 2 is 2.10 bits per heavy atom. The zero-order chi connectivity index (χ0) is 16.1. The molecule has 1 amide bonds. The number of carbonyl (C=O) groups excluding carboxylic acids is 1. The van der Waals surface area contributed by atoms with E-state index in [1.165, 1.54) is 4.90 Å². The standard InChI is InChI=1S/C11H16F3NO5S/c1-2-3-8-19-10(16)15-6-4-9(5-7-15)20-21(17,18)11(12,13)14/h4H,2-3,5-8H2,1H3. The zero-order valence-corrected chi connectivity index (χ0v) is 12.2. The normalized spacial score (nSPS) is 16.4. The quantitative estimate of drug-likeness (QED) is 0.439. The maximum Gasteiger partial charge on any atom is 0.534 e. The first kappa shape index (κ1) is 17.6. The molecular formula is C11H16F3NO5S. The zero-order valence-electron chi connectivity index (χ0n) is 11.4. The summed E-state index contributed by atoms with van der Waals surface area (Å²) in [5.74, 6) is -0.329. The number of alkyl halides is 3. The minimum atomic E-state index is -5.66. The molecule has 0 spiro atoms. The van der Waals surface area contributed by atoms with Gasteiger partial charge in [-0.15, -0.1) is 0 Å². The van der Waals surface area contributed by atoms with Crippen LogP contribution < -0.4 is 0 Å². The number of amides is 1. The van der Waals surface area contributed by atoms with Gasteiger partial charge in [-0.3, -0.25) is 0 Å². The lowest BCUT2D eigenvalue weighted by atomic mass is 10.2. The Kier molecular flexibility index (Phi) is 5.87. The summed E-state index contributed by atoms with van der Waals surface area (Å²) in [6.45, 7) is 2.17. The highest BCUT2D eigenvalue weighted by molar-refractivity contribution is 7.87. The van der Waals surface area contributed by atoms with Crippen molar-refractivity contribution in [2.45, 2.75) is 31.7 Å². The predicted molar refractivity (Wildman–Crippen MR) is 66.6 cm³/mol. The largest absolute Gasteiger partial charge is 0.534 e. The van der Waals surface area contributed by atoms with Gasteiger partial charge in [-0.2, -0.15) is 21.6 Å². The summed E-state index contributed by atoms with van der Waals surface area (Å²) in [5.41, 5.74) is -5.47.